The molecule has 84 valence electrons. The Kier molecular flexibility index (Phi) is 3.70. The van der Waals surface area contributed by atoms with Crippen molar-refractivity contribution in [3.63, 3.8) is 0 Å². The Morgan fingerprint density at radius 3 is 2.67 bits per heavy atom. The molecule has 0 bridgehead atoms. The first kappa shape index (κ1) is 11.0. The monoisotopic (exact) mass is 205 g/mol. The second-order valence-electron chi connectivity index (χ2n) is 5.03. The zero-order valence-electron chi connectivity index (χ0n) is 10.1. The van der Waals surface area contributed by atoms with E-state index in [0.29, 0.717) is 6.04 Å². The minimum Gasteiger partial charge on any atom is -0.313 e. The van der Waals surface area contributed by atoms with E-state index in [2.05, 4.69) is 24.1 Å². The summed E-state index contributed by atoms with van der Waals surface area (Å²) in [7, 11) is 0. The van der Waals surface area contributed by atoms with Gasteiger partial charge in [0.1, 0.15) is 0 Å². The quantitative estimate of drug-likeness (QED) is 0.681. The molecule has 0 saturated heterocycles. The summed E-state index contributed by atoms with van der Waals surface area (Å²) in [4.78, 5) is 0. The van der Waals surface area contributed by atoms with Gasteiger partial charge in [0.05, 0.1) is 0 Å². The maximum Gasteiger partial charge on any atom is 0.0246 e. The zero-order chi connectivity index (χ0) is 10.7. The SMILES string of the molecule is CC#CCC(NCCC)C1C2CCCC21. The van der Waals surface area contributed by atoms with Crippen LogP contribution in [0.4, 0.5) is 0 Å². The summed E-state index contributed by atoms with van der Waals surface area (Å²) in [6.45, 7) is 5.35. The highest BCUT2D eigenvalue weighted by Gasteiger charge is 2.55. The minimum absolute atomic E-state index is 0.688. The molecule has 0 heterocycles. The van der Waals surface area contributed by atoms with E-state index in [0.717, 1.165) is 30.7 Å². The van der Waals surface area contributed by atoms with Crippen LogP contribution in [0.3, 0.4) is 0 Å². The second kappa shape index (κ2) is 5.03. The lowest BCUT2D eigenvalue weighted by molar-refractivity contribution is 0.411. The molecule has 3 unspecified atom stereocenters. The highest BCUT2D eigenvalue weighted by atomic mass is 14.9. The van der Waals surface area contributed by atoms with Crippen molar-refractivity contribution in [3.8, 4) is 11.8 Å². The lowest BCUT2D eigenvalue weighted by Gasteiger charge is -2.17. The summed E-state index contributed by atoms with van der Waals surface area (Å²) >= 11 is 0. The standard InChI is InChI=1S/C14H23N/c1-3-5-9-13(15-10-4-2)14-11-7-6-8-12(11)14/h11-15H,4,6-10H2,1-2H3. The molecule has 0 aromatic carbocycles. The molecule has 1 heteroatoms. The van der Waals surface area contributed by atoms with Crippen LogP contribution in [-0.2, 0) is 0 Å². The second-order valence-corrected chi connectivity index (χ2v) is 5.03. The van der Waals surface area contributed by atoms with E-state index in [1.807, 2.05) is 6.92 Å². The third-order valence-corrected chi connectivity index (χ3v) is 4.09. The first-order valence-corrected chi connectivity index (χ1v) is 6.51. The van der Waals surface area contributed by atoms with E-state index < -0.39 is 0 Å². The predicted octanol–water partition coefficient (Wildman–Crippen LogP) is 2.81. The maximum absolute atomic E-state index is 3.69. The highest BCUT2D eigenvalue weighted by molar-refractivity contribution is 5.10. The molecule has 0 aliphatic heterocycles. The van der Waals surface area contributed by atoms with Gasteiger partial charge >= 0.3 is 0 Å². The van der Waals surface area contributed by atoms with Crippen molar-refractivity contribution < 1.29 is 0 Å². The lowest BCUT2D eigenvalue weighted by Crippen LogP contribution is -2.32. The van der Waals surface area contributed by atoms with E-state index in [-0.39, 0.29) is 0 Å². The Labute approximate surface area is 94.0 Å². The van der Waals surface area contributed by atoms with Gasteiger partial charge in [-0.3, -0.25) is 0 Å². The number of hydrogen-bond acceptors (Lipinski definition) is 1. The molecular formula is C14H23N. The van der Waals surface area contributed by atoms with Crippen molar-refractivity contribution in [1.29, 1.82) is 0 Å². The van der Waals surface area contributed by atoms with Crippen LogP contribution in [0.5, 0.6) is 0 Å². The Balaban J connectivity index is 1.84. The lowest BCUT2D eigenvalue weighted by atomic mass is 10.0. The molecule has 0 spiro atoms. The Morgan fingerprint density at radius 2 is 2.07 bits per heavy atom. The van der Waals surface area contributed by atoms with Crippen molar-refractivity contribution in [1.82, 2.24) is 5.32 Å². The Hall–Kier alpha value is -0.480. The first-order chi connectivity index (χ1) is 7.38. The third kappa shape index (κ3) is 2.37. The van der Waals surface area contributed by atoms with Crippen LogP contribution in [-0.4, -0.2) is 12.6 Å². The van der Waals surface area contributed by atoms with Gasteiger partial charge in [-0.15, -0.1) is 11.8 Å². The molecule has 2 aliphatic rings. The van der Waals surface area contributed by atoms with Gasteiger partial charge in [0.25, 0.3) is 0 Å². The zero-order valence-corrected chi connectivity index (χ0v) is 10.1. The summed E-state index contributed by atoms with van der Waals surface area (Å²) in [6.07, 6.45) is 6.75. The molecule has 0 aromatic rings. The smallest absolute Gasteiger partial charge is 0.0246 e. The van der Waals surface area contributed by atoms with Gasteiger partial charge in [-0.2, -0.15) is 0 Å². The van der Waals surface area contributed by atoms with Gasteiger partial charge in [0, 0.05) is 12.5 Å². The summed E-state index contributed by atoms with van der Waals surface area (Å²) in [5, 5.41) is 3.69. The molecule has 0 aromatic heterocycles. The third-order valence-electron chi connectivity index (χ3n) is 4.09. The van der Waals surface area contributed by atoms with Crippen LogP contribution in [0.1, 0.15) is 46.0 Å². The summed E-state index contributed by atoms with van der Waals surface area (Å²) in [5.41, 5.74) is 0. The van der Waals surface area contributed by atoms with Crippen LogP contribution in [0.15, 0.2) is 0 Å². The van der Waals surface area contributed by atoms with Gasteiger partial charge in [-0.05, 0) is 50.5 Å². The summed E-state index contributed by atoms with van der Waals surface area (Å²) in [5.74, 6) is 9.36. The van der Waals surface area contributed by atoms with E-state index in [1.165, 1.54) is 25.7 Å². The summed E-state index contributed by atoms with van der Waals surface area (Å²) < 4.78 is 0. The van der Waals surface area contributed by atoms with Crippen LogP contribution in [0, 0.1) is 29.6 Å². The largest absolute Gasteiger partial charge is 0.313 e. The number of hydrogen-bond donors (Lipinski definition) is 1. The molecule has 1 N–H and O–H groups in total. The molecule has 2 rings (SSSR count). The van der Waals surface area contributed by atoms with Crippen LogP contribution in [0.2, 0.25) is 0 Å². The van der Waals surface area contributed by atoms with Crippen molar-refractivity contribution >= 4 is 0 Å². The van der Waals surface area contributed by atoms with E-state index in [4.69, 9.17) is 0 Å². The van der Waals surface area contributed by atoms with Gasteiger partial charge < -0.3 is 5.32 Å². The normalized spacial score (nSPS) is 34.1. The van der Waals surface area contributed by atoms with E-state index in [9.17, 15) is 0 Å². The van der Waals surface area contributed by atoms with Crippen LogP contribution in [0.25, 0.3) is 0 Å². The molecule has 2 saturated carbocycles. The molecular weight excluding hydrogens is 182 g/mol. The first-order valence-electron chi connectivity index (χ1n) is 6.51. The van der Waals surface area contributed by atoms with Gasteiger partial charge in [-0.1, -0.05) is 13.3 Å². The molecule has 0 radical (unpaired) electrons. The number of nitrogens with one attached hydrogen (secondary N) is 1. The minimum atomic E-state index is 0.688. The van der Waals surface area contributed by atoms with Crippen LogP contribution >= 0.6 is 0 Å². The molecule has 1 nitrogen and oxygen atoms in total. The van der Waals surface area contributed by atoms with E-state index in [1.54, 1.807) is 0 Å². The maximum atomic E-state index is 3.69. The van der Waals surface area contributed by atoms with Crippen molar-refractivity contribution in [2.24, 2.45) is 17.8 Å². The van der Waals surface area contributed by atoms with Crippen LogP contribution < -0.4 is 5.32 Å². The Morgan fingerprint density at radius 1 is 1.33 bits per heavy atom. The van der Waals surface area contributed by atoms with Gasteiger partial charge in [0.15, 0.2) is 0 Å². The molecule has 3 atom stereocenters. The Bertz CT molecular complexity index is 250. The predicted molar refractivity (Wildman–Crippen MR) is 64.5 cm³/mol. The fourth-order valence-electron chi connectivity index (χ4n) is 3.36. The number of rotatable bonds is 5. The summed E-state index contributed by atoms with van der Waals surface area (Å²) in [6, 6.07) is 0.688. The molecule has 0 amide bonds. The van der Waals surface area contributed by atoms with Crippen molar-refractivity contribution in [2.75, 3.05) is 6.54 Å². The fourth-order valence-corrected chi connectivity index (χ4v) is 3.36. The van der Waals surface area contributed by atoms with Gasteiger partial charge in [0.2, 0.25) is 0 Å². The van der Waals surface area contributed by atoms with Crippen molar-refractivity contribution in [3.05, 3.63) is 0 Å². The average Bonchev–Trinajstić information content (AvgIpc) is 2.73. The average molecular weight is 205 g/mol. The van der Waals surface area contributed by atoms with Crippen molar-refractivity contribution in [2.45, 2.75) is 52.0 Å². The number of fused-ring (bicyclic) bond motifs is 1. The van der Waals surface area contributed by atoms with E-state index >= 15 is 0 Å². The van der Waals surface area contributed by atoms with Gasteiger partial charge in [-0.25, -0.2) is 0 Å². The molecule has 15 heavy (non-hydrogen) atoms. The fraction of sp³-hybridized carbons (Fsp3) is 0.857. The topological polar surface area (TPSA) is 12.0 Å². The highest BCUT2D eigenvalue weighted by Crippen LogP contribution is 2.59. The molecule has 2 fully saturated rings. The molecule has 2 aliphatic carbocycles.